The van der Waals surface area contributed by atoms with Crippen molar-refractivity contribution in [1.29, 1.82) is 0 Å². The highest BCUT2D eigenvalue weighted by atomic mass is 16.5. The molecule has 0 spiro atoms. The Hall–Kier alpha value is -2.51. The zero-order valence-corrected chi connectivity index (χ0v) is 19.1. The van der Waals surface area contributed by atoms with E-state index in [1.54, 1.807) is 6.20 Å². The summed E-state index contributed by atoms with van der Waals surface area (Å²) in [6.07, 6.45) is 9.53. The van der Waals surface area contributed by atoms with E-state index in [4.69, 9.17) is 9.51 Å². The second kappa shape index (κ2) is 8.79. The van der Waals surface area contributed by atoms with Gasteiger partial charge >= 0.3 is 0 Å². The summed E-state index contributed by atoms with van der Waals surface area (Å²) in [5.41, 5.74) is 2.46. The smallest absolute Gasteiger partial charge is 0.240 e. The molecule has 5 rings (SSSR count). The third-order valence-electron chi connectivity index (χ3n) is 7.52. The van der Waals surface area contributed by atoms with Crippen molar-refractivity contribution in [2.75, 3.05) is 13.1 Å². The summed E-state index contributed by atoms with van der Waals surface area (Å²) in [7, 11) is 1.93. The van der Waals surface area contributed by atoms with Crippen LogP contribution in [0.2, 0.25) is 0 Å². The van der Waals surface area contributed by atoms with Crippen LogP contribution in [0.1, 0.15) is 73.3 Å². The van der Waals surface area contributed by atoms with Gasteiger partial charge in [-0.2, -0.15) is 4.98 Å². The molecule has 2 aliphatic rings. The van der Waals surface area contributed by atoms with Crippen molar-refractivity contribution in [1.82, 2.24) is 24.6 Å². The number of hydrogen-bond donors (Lipinski definition) is 1. The van der Waals surface area contributed by atoms with Gasteiger partial charge in [-0.3, -0.25) is 4.90 Å². The number of aliphatic hydroxyl groups is 1. The molecule has 7 nitrogen and oxygen atoms in total. The van der Waals surface area contributed by atoms with Crippen molar-refractivity contribution in [3.63, 3.8) is 0 Å². The van der Waals surface area contributed by atoms with E-state index in [2.05, 4.69) is 46.2 Å². The number of benzene rings is 1. The van der Waals surface area contributed by atoms with Gasteiger partial charge in [-0.15, -0.1) is 0 Å². The lowest BCUT2D eigenvalue weighted by atomic mass is 9.78. The Morgan fingerprint density at radius 2 is 1.88 bits per heavy atom. The summed E-state index contributed by atoms with van der Waals surface area (Å²) >= 11 is 0. The van der Waals surface area contributed by atoms with Crippen LogP contribution in [-0.2, 0) is 19.0 Å². The molecule has 1 atom stereocenters. The standard InChI is InChI=1S/C25H33N5O2/c1-18-5-7-20(8-6-18)25(11-3-4-12-25)24-27-21(32-28-24)17-30-14-9-19(10-15-30)22(31)23-26-13-16-29(23)2/h5-8,13,16,19,22,31H,3-4,9-12,14-15,17H2,1-2H3. The Morgan fingerprint density at radius 1 is 1.16 bits per heavy atom. The first kappa shape index (κ1) is 21.3. The van der Waals surface area contributed by atoms with Gasteiger partial charge in [0.05, 0.1) is 12.0 Å². The highest BCUT2D eigenvalue weighted by Gasteiger charge is 2.41. The Balaban J connectivity index is 1.24. The SMILES string of the molecule is Cc1ccc(C2(c3noc(CN4CCC(C(O)c5nccn5C)CC4)n3)CCCC2)cc1. The lowest BCUT2D eigenvalue weighted by Gasteiger charge is -2.33. The molecule has 1 unspecified atom stereocenters. The quantitative estimate of drug-likeness (QED) is 0.632. The first-order valence-electron chi connectivity index (χ1n) is 11.8. The molecule has 170 valence electrons. The van der Waals surface area contributed by atoms with Crippen LogP contribution in [0.3, 0.4) is 0 Å². The maximum absolute atomic E-state index is 10.7. The average Bonchev–Trinajstić information content (AvgIpc) is 3.56. The summed E-state index contributed by atoms with van der Waals surface area (Å²) in [4.78, 5) is 11.6. The predicted molar refractivity (Wildman–Crippen MR) is 121 cm³/mol. The van der Waals surface area contributed by atoms with Gasteiger partial charge in [-0.05, 0) is 57.2 Å². The van der Waals surface area contributed by atoms with Crippen LogP contribution in [0.5, 0.6) is 0 Å². The van der Waals surface area contributed by atoms with Gasteiger partial charge in [0.25, 0.3) is 0 Å². The molecule has 32 heavy (non-hydrogen) atoms. The Kier molecular flexibility index (Phi) is 5.86. The molecule has 1 saturated carbocycles. The summed E-state index contributed by atoms with van der Waals surface area (Å²) < 4.78 is 7.64. The second-order valence-electron chi connectivity index (χ2n) is 9.62. The number of likely N-dealkylation sites (tertiary alicyclic amines) is 1. The molecule has 2 fully saturated rings. The minimum absolute atomic E-state index is 0.116. The number of nitrogens with zero attached hydrogens (tertiary/aromatic N) is 5. The van der Waals surface area contributed by atoms with Gasteiger partial charge in [0, 0.05) is 19.4 Å². The molecule has 3 aromatic rings. The van der Waals surface area contributed by atoms with Crippen molar-refractivity contribution in [2.24, 2.45) is 13.0 Å². The molecule has 1 aliphatic heterocycles. The summed E-state index contributed by atoms with van der Waals surface area (Å²) in [5, 5.41) is 15.2. The number of imidazole rings is 1. The Labute approximate surface area is 189 Å². The molecular weight excluding hydrogens is 402 g/mol. The van der Waals surface area contributed by atoms with Crippen molar-refractivity contribution < 1.29 is 9.63 Å². The van der Waals surface area contributed by atoms with Crippen LogP contribution in [0.15, 0.2) is 41.2 Å². The second-order valence-corrected chi connectivity index (χ2v) is 9.62. The highest BCUT2D eigenvalue weighted by Crippen LogP contribution is 2.45. The van der Waals surface area contributed by atoms with Crippen molar-refractivity contribution in [3.8, 4) is 0 Å². The minimum atomic E-state index is -0.510. The first-order chi connectivity index (χ1) is 15.5. The van der Waals surface area contributed by atoms with Gasteiger partial charge < -0.3 is 14.2 Å². The molecular formula is C25H33N5O2. The zero-order chi connectivity index (χ0) is 22.1. The lowest BCUT2D eigenvalue weighted by molar-refractivity contribution is 0.0465. The molecule has 0 radical (unpaired) electrons. The third kappa shape index (κ3) is 3.99. The highest BCUT2D eigenvalue weighted by molar-refractivity contribution is 5.35. The number of hydrogen-bond acceptors (Lipinski definition) is 6. The molecule has 2 aromatic heterocycles. The van der Waals surface area contributed by atoms with E-state index in [1.165, 1.54) is 24.0 Å². The number of aromatic nitrogens is 4. The largest absolute Gasteiger partial charge is 0.385 e. The fourth-order valence-corrected chi connectivity index (χ4v) is 5.50. The molecule has 1 aromatic carbocycles. The van der Waals surface area contributed by atoms with E-state index in [0.717, 1.165) is 50.4 Å². The van der Waals surface area contributed by atoms with Crippen LogP contribution >= 0.6 is 0 Å². The van der Waals surface area contributed by atoms with Crippen LogP contribution in [0.4, 0.5) is 0 Å². The predicted octanol–water partition coefficient (Wildman–Crippen LogP) is 3.92. The number of aliphatic hydroxyl groups excluding tert-OH is 1. The minimum Gasteiger partial charge on any atom is -0.385 e. The molecule has 0 bridgehead atoms. The third-order valence-corrected chi connectivity index (χ3v) is 7.52. The van der Waals surface area contributed by atoms with Gasteiger partial charge in [0.15, 0.2) is 5.82 Å². The normalized spacial score (nSPS) is 20.6. The molecule has 1 saturated heterocycles. The molecule has 3 heterocycles. The van der Waals surface area contributed by atoms with Gasteiger partial charge in [0.2, 0.25) is 5.89 Å². The number of piperidine rings is 1. The lowest BCUT2D eigenvalue weighted by Crippen LogP contribution is -2.35. The van der Waals surface area contributed by atoms with Gasteiger partial charge in [-0.1, -0.05) is 47.8 Å². The van der Waals surface area contributed by atoms with Crippen LogP contribution in [-0.4, -0.2) is 42.8 Å². The summed E-state index contributed by atoms with van der Waals surface area (Å²) in [6.45, 7) is 4.61. The van der Waals surface area contributed by atoms with Crippen LogP contribution < -0.4 is 0 Å². The Bertz CT molecular complexity index is 1030. The molecule has 7 heteroatoms. The zero-order valence-electron chi connectivity index (χ0n) is 19.1. The van der Waals surface area contributed by atoms with E-state index in [-0.39, 0.29) is 11.3 Å². The van der Waals surface area contributed by atoms with Crippen molar-refractivity contribution in [2.45, 2.75) is 63.5 Å². The van der Waals surface area contributed by atoms with Crippen molar-refractivity contribution >= 4 is 0 Å². The molecule has 0 amide bonds. The van der Waals surface area contributed by atoms with Crippen LogP contribution in [0.25, 0.3) is 0 Å². The molecule has 1 N–H and O–H groups in total. The fraction of sp³-hybridized carbons (Fsp3) is 0.560. The first-order valence-corrected chi connectivity index (χ1v) is 11.8. The maximum atomic E-state index is 10.7. The van der Waals surface area contributed by atoms with Gasteiger partial charge in [-0.25, -0.2) is 4.98 Å². The topological polar surface area (TPSA) is 80.2 Å². The van der Waals surface area contributed by atoms with E-state index < -0.39 is 6.10 Å². The molecule has 1 aliphatic carbocycles. The van der Waals surface area contributed by atoms with Crippen molar-refractivity contribution in [3.05, 3.63) is 65.3 Å². The average molecular weight is 436 g/mol. The summed E-state index contributed by atoms with van der Waals surface area (Å²) in [6, 6.07) is 8.82. The van der Waals surface area contributed by atoms with Gasteiger partial charge in [0.1, 0.15) is 11.9 Å². The Morgan fingerprint density at radius 3 is 2.53 bits per heavy atom. The van der Waals surface area contributed by atoms with Crippen LogP contribution in [0, 0.1) is 12.8 Å². The maximum Gasteiger partial charge on any atom is 0.240 e. The van der Waals surface area contributed by atoms with E-state index in [9.17, 15) is 5.11 Å². The van der Waals surface area contributed by atoms with E-state index in [1.807, 2.05) is 17.8 Å². The monoisotopic (exact) mass is 435 g/mol. The van der Waals surface area contributed by atoms with E-state index in [0.29, 0.717) is 12.4 Å². The fourth-order valence-electron chi connectivity index (χ4n) is 5.50. The number of rotatable bonds is 6. The summed E-state index contributed by atoms with van der Waals surface area (Å²) in [5.74, 6) is 2.52. The number of aryl methyl sites for hydroxylation is 2. The van der Waals surface area contributed by atoms with E-state index >= 15 is 0 Å².